The second kappa shape index (κ2) is 7.81. The van der Waals surface area contributed by atoms with Crippen molar-refractivity contribution in [3.63, 3.8) is 0 Å². The maximum atomic E-state index is 11.8. The summed E-state index contributed by atoms with van der Waals surface area (Å²) in [7, 11) is 0. The highest BCUT2D eigenvalue weighted by molar-refractivity contribution is 7.98. The molecule has 1 aliphatic rings. The zero-order valence-electron chi connectivity index (χ0n) is 11.0. The van der Waals surface area contributed by atoms with E-state index in [4.69, 9.17) is 11.6 Å². The second-order valence-corrected chi connectivity index (χ2v) is 6.43. The summed E-state index contributed by atoms with van der Waals surface area (Å²) in [6, 6.07) is 7.91. The van der Waals surface area contributed by atoms with Gasteiger partial charge in [0.15, 0.2) is 0 Å². The number of hydrogen-bond acceptors (Lipinski definition) is 2. The topological polar surface area (TPSA) is 29.1 Å². The number of thioether (sulfide) groups is 1. The number of amides is 1. The molecule has 104 valence electrons. The third-order valence-electron chi connectivity index (χ3n) is 3.49. The van der Waals surface area contributed by atoms with Gasteiger partial charge in [0.1, 0.15) is 0 Å². The normalized spacial score (nSPS) is 15.6. The Hall–Kier alpha value is -0.670. The summed E-state index contributed by atoms with van der Waals surface area (Å²) in [6.07, 6.45) is 4.55. The van der Waals surface area contributed by atoms with Crippen LogP contribution in [-0.2, 0) is 10.5 Å². The fourth-order valence-electron chi connectivity index (χ4n) is 2.38. The van der Waals surface area contributed by atoms with E-state index in [1.54, 1.807) is 11.8 Å². The largest absolute Gasteiger partial charge is 0.355 e. The van der Waals surface area contributed by atoms with Crippen molar-refractivity contribution in [3.05, 3.63) is 34.9 Å². The molecule has 4 heteroatoms. The minimum atomic E-state index is 0.246. The van der Waals surface area contributed by atoms with Gasteiger partial charge >= 0.3 is 0 Å². The number of carbonyl (C=O) groups excluding carboxylic acids is 1. The van der Waals surface area contributed by atoms with Crippen LogP contribution in [0.3, 0.4) is 0 Å². The second-order valence-electron chi connectivity index (χ2n) is 4.92. The predicted octanol–water partition coefficient (Wildman–Crippen LogP) is 3.88. The molecule has 2 rings (SSSR count). The first kappa shape index (κ1) is 14.7. The summed E-state index contributed by atoms with van der Waals surface area (Å²) in [5.74, 6) is 2.35. The first-order chi connectivity index (χ1) is 9.27. The van der Waals surface area contributed by atoms with Crippen molar-refractivity contribution < 1.29 is 4.79 Å². The predicted molar refractivity (Wildman–Crippen MR) is 82.6 cm³/mol. The lowest BCUT2D eigenvalue weighted by Gasteiger charge is -2.10. The van der Waals surface area contributed by atoms with Crippen LogP contribution in [-0.4, -0.2) is 18.2 Å². The molecule has 1 aromatic carbocycles. The number of hydrogen-bond donors (Lipinski definition) is 1. The molecule has 1 N–H and O–H groups in total. The van der Waals surface area contributed by atoms with Crippen molar-refractivity contribution in [2.24, 2.45) is 5.92 Å². The van der Waals surface area contributed by atoms with Gasteiger partial charge in [-0.05, 0) is 24.5 Å². The van der Waals surface area contributed by atoms with Gasteiger partial charge in [-0.1, -0.05) is 42.6 Å². The molecule has 0 radical (unpaired) electrons. The lowest BCUT2D eigenvalue weighted by molar-refractivity contribution is -0.124. The van der Waals surface area contributed by atoms with Crippen molar-refractivity contribution in [1.29, 1.82) is 0 Å². The molecule has 2 nitrogen and oxygen atoms in total. The van der Waals surface area contributed by atoms with Crippen molar-refractivity contribution in [2.75, 3.05) is 12.3 Å². The van der Waals surface area contributed by atoms with E-state index in [1.165, 1.54) is 12.8 Å². The SMILES string of the molecule is O=C(NCCSCc1ccccc1Cl)C1CCCC1. The molecule has 19 heavy (non-hydrogen) atoms. The van der Waals surface area contributed by atoms with Gasteiger partial charge in [0.25, 0.3) is 0 Å². The van der Waals surface area contributed by atoms with Crippen LogP contribution in [0.2, 0.25) is 5.02 Å². The molecule has 0 aliphatic heterocycles. The third-order valence-corrected chi connectivity index (χ3v) is 4.86. The minimum Gasteiger partial charge on any atom is -0.355 e. The van der Waals surface area contributed by atoms with Crippen LogP contribution in [0.5, 0.6) is 0 Å². The van der Waals surface area contributed by atoms with Gasteiger partial charge in [0, 0.05) is 29.0 Å². The Labute approximate surface area is 124 Å². The number of halogens is 1. The highest BCUT2D eigenvalue weighted by Gasteiger charge is 2.21. The molecule has 1 saturated carbocycles. The Balaban J connectivity index is 1.59. The molecule has 1 aromatic rings. The molecular formula is C15H20ClNOS. The van der Waals surface area contributed by atoms with E-state index in [0.717, 1.165) is 41.5 Å². The number of nitrogens with one attached hydrogen (secondary N) is 1. The van der Waals surface area contributed by atoms with E-state index in [-0.39, 0.29) is 11.8 Å². The van der Waals surface area contributed by atoms with E-state index in [1.807, 2.05) is 24.3 Å². The number of benzene rings is 1. The lowest BCUT2D eigenvalue weighted by Crippen LogP contribution is -2.31. The zero-order chi connectivity index (χ0) is 13.5. The average Bonchev–Trinajstić information content (AvgIpc) is 2.94. The van der Waals surface area contributed by atoms with Crippen LogP contribution >= 0.6 is 23.4 Å². The molecule has 0 aromatic heterocycles. The van der Waals surface area contributed by atoms with E-state index >= 15 is 0 Å². The Morgan fingerprint density at radius 1 is 1.32 bits per heavy atom. The number of carbonyl (C=O) groups is 1. The van der Waals surface area contributed by atoms with E-state index in [2.05, 4.69) is 5.32 Å². The molecule has 1 fully saturated rings. The molecule has 1 amide bonds. The summed E-state index contributed by atoms with van der Waals surface area (Å²) < 4.78 is 0. The van der Waals surface area contributed by atoms with Gasteiger partial charge in [-0.3, -0.25) is 4.79 Å². The molecular weight excluding hydrogens is 278 g/mol. The third kappa shape index (κ3) is 4.73. The van der Waals surface area contributed by atoms with Crippen LogP contribution < -0.4 is 5.32 Å². The fourth-order valence-corrected chi connectivity index (χ4v) is 3.52. The van der Waals surface area contributed by atoms with E-state index in [9.17, 15) is 4.79 Å². The first-order valence-corrected chi connectivity index (χ1v) is 8.39. The summed E-state index contributed by atoms with van der Waals surface area (Å²) >= 11 is 7.90. The Morgan fingerprint density at radius 2 is 2.05 bits per heavy atom. The molecule has 0 heterocycles. The molecule has 1 aliphatic carbocycles. The molecule has 0 bridgehead atoms. The maximum Gasteiger partial charge on any atom is 0.223 e. The van der Waals surface area contributed by atoms with Gasteiger partial charge in [-0.25, -0.2) is 0 Å². The highest BCUT2D eigenvalue weighted by atomic mass is 35.5. The zero-order valence-corrected chi connectivity index (χ0v) is 12.6. The first-order valence-electron chi connectivity index (χ1n) is 6.86. The highest BCUT2D eigenvalue weighted by Crippen LogP contribution is 2.24. The Kier molecular flexibility index (Phi) is 6.05. The van der Waals surface area contributed by atoms with Crippen LogP contribution in [0, 0.1) is 5.92 Å². The minimum absolute atomic E-state index is 0.246. The molecule has 0 unspecified atom stereocenters. The van der Waals surface area contributed by atoms with E-state index in [0.29, 0.717) is 0 Å². The van der Waals surface area contributed by atoms with Crippen molar-refractivity contribution in [2.45, 2.75) is 31.4 Å². The van der Waals surface area contributed by atoms with Gasteiger partial charge < -0.3 is 5.32 Å². The maximum absolute atomic E-state index is 11.8. The fraction of sp³-hybridized carbons (Fsp3) is 0.533. The quantitative estimate of drug-likeness (QED) is 0.807. The van der Waals surface area contributed by atoms with E-state index < -0.39 is 0 Å². The standard InChI is InChI=1S/C15H20ClNOS/c16-14-8-4-3-7-13(14)11-19-10-9-17-15(18)12-5-1-2-6-12/h3-4,7-8,12H,1-2,5-6,9-11H2,(H,17,18). The van der Waals surface area contributed by atoms with Crippen LogP contribution in [0.15, 0.2) is 24.3 Å². The van der Waals surface area contributed by atoms with Crippen molar-refractivity contribution in [1.82, 2.24) is 5.32 Å². The van der Waals surface area contributed by atoms with Gasteiger partial charge in [0.2, 0.25) is 5.91 Å². The summed E-state index contributed by atoms with van der Waals surface area (Å²) in [4.78, 5) is 11.8. The summed E-state index contributed by atoms with van der Waals surface area (Å²) in [5.41, 5.74) is 1.16. The van der Waals surface area contributed by atoms with Crippen LogP contribution in [0.1, 0.15) is 31.2 Å². The van der Waals surface area contributed by atoms with Crippen LogP contribution in [0.25, 0.3) is 0 Å². The van der Waals surface area contributed by atoms with Crippen LogP contribution in [0.4, 0.5) is 0 Å². The van der Waals surface area contributed by atoms with Crippen molar-refractivity contribution in [3.8, 4) is 0 Å². The molecule has 0 saturated heterocycles. The van der Waals surface area contributed by atoms with Gasteiger partial charge in [-0.15, -0.1) is 0 Å². The summed E-state index contributed by atoms with van der Waals surface area (Å²) in [6.45, 7) is 0.754. The molecule has 0 atom stereocenters. The lowest BCUT2D eigenvalue weighted by atomic mass is 10.1. The molecule has 0 spiro atoms. The summed E-state index contributed by atoms with van der Waals surface area (Å²) in [5, 5.41) is 3.86. The number of rotatable bonds is 6. The monoisotopic (exact) mass is 297 g/mol. The average molecular weight is 298 g/mol. The van der Waals surface area contributed by atoms with Gasteiger partial charge in [-0.2, -0.15) is 11.8 Å². The smallest absolute Gasteiger partial charge is 0.223 e. The van der Waals surface area contributed by atoms with Gasteiger partial charge in [0.05, 0.1) is 0 Å². The Morgan fingerprint density at radius 3 is 2.79 bits per heavy atom. The van der Waals surface area contributed by atoms with Crippen molar-refractivity contribution >= 4 is 29.3 Å². The Bertz CT molecular complexity index is 418.